The molecule has 1 heterocycles. The number of para-hydroxylation sites is 1. The number of benzene rings is 1. The van der Waals surface area contributed by atoms with E-state index in [1.54, 1.807) is 0 Å². The second kappa shape index (κ2) is 7.12. The van der Waals surface area contributed by atoms with Crippen molar-refractivity contribution in [2.75, 3.05) is 51.1 Å². The zero-order valence-corrected chi connectivity index (χ0v) is 12.6. The molecule has 100 valence electrons. The van der Waals surface area contributed by atoms with E-state index in [1.807, 2.05) is 6.07 Å². The summed E-state index contributed by atoms with van der Waals surface area (Å²) in [6.07, 6.45) is 0. The van der Waals surface area contributed by atoms with E-state index in [9.17, 15) is 0 Å². The maximum absolute atomic E-state index is 3.56. The van der Waals surface area contributed by atoms with Crippen LogP contribution in [-0.4, -0.2) is 55.6 Å². The summed E-state index contributed by atoms with van der Waals surface area (Å²) in [6, 6.07) is 8.29. The van der Waals surface area contributed by atoms with Gasteiger partial charge in [-0.05, 0) is 34.6 Å². The van der Waals surface area contributed by atoms with Gasteiger partial charge in [-0.2, -0.15) is 0 Å². The van der Waals surface area contributed by atoms with Gasteiger partial charge in [-0.3, -0.25) is 4.90 Å². The molecule has 0 unspecified atom stereocenters. The SMILES string of the molecule is CCN1CCN(CCNc2ccccc2Br)CC1. The molecule has 18 heavy (non-hydrogen) atoms. The van der Waals surface area contributed by atoms with E-state index in [-0.39, 0.29) is 0 Å². The Bertz CT molecular complexity index is 362. The van der Waals surface area contributed by atoms with Gasteiger partial charge in [0.2, 0.25) is 0 Å². The van der Waals surface area contributed by atoms with Crippen molar-refractivity contribution in [1.82, 2.24) is 9.80 Å². The van der Waals surface area contributed by atoms with Crippen LogP contribution in [0.15, 0.2) is 28.7 Å². The molecule has 1 aliphatic heterocycles. The first kappa shape index (κ1) is 13.8. The molecule has 0 bridgehead atoms. The average Bonchev–Trinajstić information content (AvgIpc) is 2.42. The number of nitrogens with zero attached hydrogens (tertiary/aromatic N) is 2. The van der Waals surface area contributed by atoms with E-state index < -0.39 is 0 Å². The molecule has 1 N–H and O–H groups in total. The number of hydrogen-bond donors (Lipinski definition) is 1. The normalized spacial score (nSPS) is 17.9. The van der Waals surface area contributed by atoms with Gasteiger partial charge in [0, 0.05) is 49.4 Å². The van der Waals surface area contributed by atoms with Gasteiger partial charge in [0.25, 0.3) is 0 Å². The van der Waals surface area contributed by atoms with Gasteiger partial charge in [0.1, 0.15) is 0 Å². The summed E-state index contributed by atoms with van der Waals surface area (Å²) >= 11 is 3.56. The summed E-state index contributed by atoms with van der Waals surface area (Å²) in [5, 5.41) is 3.48. The average molecular weight is 312 g/mol. The van der Waals surface area contributed by atoms with Crippen molar-refractivity contribution in [1.29, 1.82) is 0 Å². The summed E-state index contributed by atoms with van der Waals surface area (Å²) in [5.41, 5.74) is 1.18. The highest BCUT2D eigenvalue weighted by molar-refractivity contribution is 9.10. The third-order valence-electron chi connectivity index (χ3n) is 3.53. The van der Waals surface area contributed by atoms with Gasteiger partial charge < -0.3 is 10.2 Å². The summed E-state index contributed by atoms with van der Waals surface area (Å²) in [6.45, 7) is 10.4. The van der Waals surface area contributed by atoms with E-state index in [1.165, 1.54) is 38.4 Å². The predicted molar refractivity (Wildman–Crippen MR) is 81.2 cm³/mol. The molecular formula is C14H22BrN3. The Morgan fingerprint density at radius 3 is 2.44 bits per heavy atom. The quantitative estimate of drug-likeness (QED) is 0.901. The molecule has 1 aromatic carbocycles. The largest absolute Gasteiger partial charge is 0.383 e. The topological polar surface area (TPSA) is 18.5 Å². The van der Waals surface area contributed by atoms with Gasteiger partial charge in [0.15, 0.2) is 0 Å². The maximum Gasteiger partial charge on any atom is 0.0485 e. The van der Waals surface area contributed by atoms with Gasteiger partial charge in [-0.15, -0.1) is 0 Å². The first-order valence-corrected chi connectivity index (χ1v) is 7.52. The minimum Gasteiger partial charge on any atom is -0.383 e. The second-order valence-corrected chi connectivity index (χ2v) is 5.54. The van der Waals surface area contributed by atoms with Crippen molar-refractivity contribution in [3.8, 4) is 0 Å². The summed E-state index contributed by atoms with van der Waals surface area (Å²) < 4.78 is 1.14. The molecule has 4 heteroatoms. The molecule has 1 fully saturated rings. The first-order chi connectivity index (χ1) is 8.79. The van der Waals surface area contributed by atoms with Crippen LogP contribution in [0.5, 0.6) is 0 Å². The highest BCUT2D eigenvalue weighted by Crippen LogP contribution is 2.20. The monoisotopic (exact) mass is 311 g/mol. The van der Waals surface area contributed by atoms with E-state index in [0.29, 0.717) is 0 Å². The lowest BCUT2D eigenvalue weighted by atomic mass is 10.3. The number of likely N-dealkylation sites (N-methyl/N-ethyl adjacent to an activating group) is 1. The van der Waals surface area contributed by atoms with E-state index in [0.717, 1.165) is 17.6 Å². The Morgan fingerprint density at radius 2 is 1.78 bits per heavy atom. The Labute approximate surface area is 118 Å². The van der Waals surface area contributed by atoms with E-state index in [4.69, 9.17) is 0 Å². The Kier molecular flexibility index (Phi) is 5.47. The van der Waals surface area contributed by atoms with Crippen molar-refractivity contribution < 1.29 is 0 Å². The molecule has 0 atom stereocenters. The summed E-state index contributed by atoms with van der Waals surface area (Å²) in [7, 11) is 0. The molecule has 0 aliphatic carbocycles. The first-order valence-electron chi connectivity index (χ1n) is 6.72. The molecule has 3 nitrogen and oxygen atoms in total. The van der Waals surface area contributed by atoms with Gasteiger partial charge in [-0.25, -0.2) is 0 Å². The van der Waals surface area contributed by atoms with Crippen LogP contribution in [0.2, 0.25) is 0 Å². The zero-order valence-electron chi connectivity index (χ0n) is 11.0. The second-order valence-electron chi connectivity index (χ2n) is 4.68. The van der Waals surface area contributed by atoms with Gasteiger partial charge in [-0.1, -0.05) is 19.1 Å². The minimum absolute atomic E-state index is 1.01. The lowest BCUT2D eigenvalue weighted by molar-refractivity contribution is 0.141. The fourth-order valence-corrected chi connectivity index (χ4v) is 2.71. The van der Waals surface area contributed by atoms with Crippen molar-refractivity contribution in [3.05, 3.63) is 28.7 Å². The highest BCUT2D eigenvalue weighted by atomic mass is 79.9. The highest BCUT2D eigenvalue weighted by Gasteiger charge is 2.14. The van der Waals surface area contributed by atoms with E-state index in [2.05, 4.69) is 56.2 Å². The molecule has 1 aliphatic rings. The molecule has 0 radical (unpaired) electrons. The fraction of sp³-hybridized carbons (Fsp3) is 0.571. The number of halogens is 1. The van der Waals surface area contributed by atoms with Crippen LogP contribution in [0.1, 0.15) is 6.92 Å². The van der Waals surface area contributed by atoms with Crippen molar-refractivity contribution in [2.45, 2.75) is 6.92 Å². The smallest absolute Gasteiger partial charge is 0.0485 e. The fourth-order valence-electron chi connectivity index (χ4n) is 2.28. The summed E-state index contributed by atoms with van der Waals surface area (Å²) in [5.74, 6) is 0. The third kappa shape index (κ3) is 3.97. The van der Waals surface area contributed by atoms with Crippen molar-refractivity contribution in [2.24, 2.45) is 0 Å². The van der Waals surface area contributed by atoms with Crippen LogP contribution in [-0.2, 0) is 0 Å². The van der Waals surface area contributed by atoms with Crippen molar-refractivity contribution >= 4 is 21.6 Å². The Morgan fingerprint density at radius 1 is 1.11 bits per heavy atom. The van der Waals surface area contributed by atoms with Crippen molar-refractivity contribution in [3.63, 3.8) is 0 Å². The molecule has 0 saturated carbocycles. The van der Waals surface area contributed by atoms with Crippen LogP contribution >= 0.6 is 15.9 Å². The van der Waals surface area contributed by atoms with Gasteiger partial charge in [0.05, 0.1) is 0 Å². The third-order valence-corrected chi connectivity index (χ3v) is 4.22. The molecule has 1 aromatic rings. The van der Waals surface area contributed by atoms with Crippen LogP contribution in [0.3, 0.4) is 0 Å². The molecule has 0 aromatic heterocycles. The molecule has 0 amide bonds. The number of rotatable bonds is 5. The molecular weight excluding hydrogens is 290 g/mol. The van der Waals surface area contributed by atoms with Crippen LogP contribution in [0.4, 0.5) is 5.69 Å². The number of anilines is 1. The van der Waals surface area contributed by atoms with Crippen LogP contribution in [0.25, 0.3) is 0 Å². The van der Waals surface area contributed by atoms with Crippen LogP contribution < -0.4 is 5.32 Å². The molecule has 2 rings (SSSR count). The maximum atomic E-state index is 3.56. The Balaban J connectivity index is 1.69. The lowest BCUT2D eigenvalue weighted by Gasteiger charge is -2.34. The van der Waals surface area contributed by atoms with E-state index >= 15 is 0 Å². The zero-order chi connectivity index (χ0) is 12.8. The predicted octanol–water partition coefficient (Wildman–Crippen LogP) is 2.50. The van der Waals surface area contributed by atoms with Crippen LogP contribution in [0, 0.1) is 0 Å². The molecule has 1 saturated heterocycles. The number of nitrogens with one attached hydrogen (secondary N) is 1. The summed E-state index contributed by atoms with van der Waals surface area (Å²) in [4.78, 5) is 5.05. The number of piperazine rings is 1. The number of hydrogen-bond acceptors (Lipinski definition) is 3. The molecule has 0 spiro atoms. The lowest BCUT2D eigenvalue weighted by Crippen LogP contribution is -2.47. The minimum atomic E-state index is 1.01. The van der Waals surface area contributed by atoms with Gasteiger partial charge >= 0.3 is 0 Å². The Hall–Kier alpha value is -0.580. The standard InChI is InChI=1S/C14H22BrN3/c1-2-17-9-11-18(12-10-17)8-7-16-14-6-4-3-5-13(14)15/h3-6,16H,2,7-12H2,1H3.